The van der Waals surface area contributed by atoms with Crippen molar-refractivity contribution in [2.24, 2.45) is 5.41 Å². The number of carbonyl (C=O) groups excluding carboxylic acids is 1. The van der Waals surface area contributed by atoms with Crippen LogP contribution >= 0.6 is 0 Å². The van der Waals surface area contributed by atoms with Gasteiger partial charge in [0.15, 0.2) is 5.78 Å². The number of benzene rings is 3. The summed E-state index contributed by atoms with van der Waals surface area (Å²) in [5, 5.41) is 14.8. The van der Waals surface area contributed by atoms with Gasteiger partial charge in [0.2, 0.25) is 0 Å². The van der Waals surface area contributed by atoms with Crippen molar-refractivity contribution in [2.45, 2.75) is 6.04 Å². The Labute approximate surface area is 167 Å². The van der Waals surface area contributed by atoms with Crippen LogP contribution in [-0.2, 0) is 0 Å². The van der Waals surface area contributed by atoms with Crippen LogP contribution in [0.25, 0.3) is 10.8 Å². The van der Waals surface area contributed by atoms with Crippen LogP contribution < -0.4 is 14.8 Å². The number of ketones is 1. The molecule has 1 fully saturated rings. The highest BCUT2D eigenvalue weighted by Crippen LogP contribution is 2.33. The summed E-state index contributed by atoms with van der Waals surface area (Å²) in [4.78, 5) is 12.8. The van der Waals surface area contributed by atoms with Crippen LogP contribution in [0.5, 0.6) is 11.5 Å². The largest absolute Gasteiger partial charge is 0.497 e. The molecule has 0 amide bonds. The Hall–Kier alpha value is -3.43. The van der Waals surface area contributed by atoms with Gasteiger partial charge in [-0.1, -0.05) is 12.1 Å². The molecule has 1 aliphatic heterocycles. The van der Waals surface area contributed by atoms with Gasteiger partial charge in [0.1, 0.15) is 29.3 Å². The summed E-state index contributed by atoms with van der Waals surface area (Å²) >= 11 is 0. The molecule has 0 spiro atoms. The summed E-state index contributed by atoms with van der Waals surface area (Å²) in [5.74, 6) is 0.744. The summed E-state index contributed by atoms with van der Waals surface area (Å²) in [6, 6.07) is 18.3. The Morgan fingerprint density at radius 1 is 1.14 bits per heavy atom. The van der Waals surface area contributed by atoms with Crippen LogP contribution in [0.4, 0.5) is 4.39 Å². The van der Waals surface area contributed by atoms with Gasteiger partial charge in [-0.25, -0.2) is 4.39 Å². The monoisotopic (exact) mass is 390 g/mol. The SMILES string of the molecule is COc1ccc2cc(OCC3(C#N)CNC3C(=O)c3ccc(F)cc3)ccc2c1. The molecule has 3 aromatic rings. The van der Waals surface area contributed by atoms with Crippen molar-refractivity contribution in [3.63, 3.8) is 0 Å². The highest BCUT2D eigenvalue weighted by atomic mass is 19.1. The van der Waals surface area contributed by atoms with E-state index in [1.165, 1.54) is 24.3 Å². The fourth-order valence-corrected chi connectivity index (χ4v) is 3.48. The second kappa shape index (κ2) is 7.53. The van der Waals surface area contributed by atoms with Gasteiger partial charge in [-0.15, -0.1) is 0 Å². The van der Waals surface area contributed by atoms with Gasteiger partial charge in [0.25, 0.3) is 0 Å². The Bertz CT molecular complexity index is 1110. The molecule has 0 radical (unpaired) electrons. The lowest BCUT2D eigenvalue weighted by Crippen LogP contribution is -2.67. The minimum absolute atomic E-state index is 0.0791. The molecule has 4 rings (SSSR count). The van der Waals surface area contributed by atoms with E-state index in [4.69, 9.17) is 9.47 Å². The quantitative estimate of drug-likeness (QED) is 0.650. The van der Waals surface area contributed by atoms with Crippen LogP contribution in [-0.4, -0.2) is 32.1 Å². The van der Waals surface area contributed by atoms with Gasteiger partial charge in [-0.05, 0) is 59.3 Å². The maximum absolute atomic E-state index is 13.1. The second-order valence-corrected chi connectivity index (χ2v) is 7.12. The summed E-state index contributed by atoms with van der Waals surface area (Å²) in [6.45, 7) is 0.432. The molecule has 0 aliphatic carbocycles. The van der Waals surface area contributed by atoms with Crippen LogP contribution in [0, 0.1) is 22.6 Å². The van der Waals surface area contributed by atoms with Crippen molar-refractivity contribution < 1.29 is 18.7 Å². The molecule has 1 heterocycles. The molecule has 2 atom stereocenters. The minimum Gasteiger partial charge on any atom is -0.497 e. The number of rotatable bonds is 6. The van der Waals surface area contributed by atoms with Gasteiger partial charge in [-0.2, -0.15) is 5.26 Å². The molecule has 5 nitrogen and oxygen atoms in total. The molecule has 0 bridgehead atoms. The number of Topliss-reactive ketones (excluding diaryl/α,β-unsaturated/α-hetero) is 1. The third-order valence-corrected chi connectivity index (χ3v) is 5.30. The van der Waals surface area contributed by atoms with Crippen molar-refractivity contribution in [1.29, 1.82) is 5.26 Å². The van der Waals surface area contributed by atoms with Gasteiger partial charge >= 0.3 is 0 Å². The fourth-order valence-electron chi connectivity index (χ4n) is 3.48. The van der Waals surface area contributed by atoms with E-state index in [1.807, 2.05) is 36.4 Å². The fraction of sp³-hybridized carbons (Fsp3) is 0.217. The first-order valence-electron chi connectivity index (χ1n) is 9.20. The summed E-state index contributed by atoms with van der Waals surface area (Å²) in [6.07, 6.45) is 0. The number of halogens is 1. The third kappa shape index (κ3) is 3.53. The maximum Gasteiger partial charge on any atom is 0.181 e. The minimum atomic E-state index is -0.972. The second-order valence-electron chi connectivity index (χ2n) is 7.12. The number of fused-ring (bicyclic) bond motifs is 1. The molecule has 6 heteroatoms. The Kier molecular flexibility index (Phi) is 4.91. The highest BCUT2D eigenvalue weighted by Gasteiger charge is 2.52. The number of hydrogen-bond acceptors (Lipinski definition) is 5. The Morgan fingerprint density at radius 3 is 2.38 bits per heavy atom. The van der Waals surface area contributed by atoms with E-state index in [0.29, 0.717) is 17.9 Å². The average molecular weight is 390 g/mol. The molecule has 1 N–H and O–H groups in total. The van der Waals surface area contributed by atoms with E-state index in [2.05, 4.69) is 11.4 Å². The molecule has 2 unspecified atom stereocenters. The molecule has 0 aromatic heterocycles. The number of hydrogen-bond donors (Lipinski definition) is 1. The number of nitrogens with zero attached hydrogens (tertiary/aromatic N) is 1. The van der Waals surface area contributed by atoms with Gasteiger partial charge < -0.3 is 14.8 Å². The summed E-state index contributed by atoms with van der Waals surface area (Å²) in [7, 11) is 1.62. The third-order valence-electron chi connectivity index (χ3n) is 5.30. The molecule has 29 heavy (non-hydrogen) atoms. The molecule has 1 saturated heterocycles. The first-order chi connectivity index (χ1) is 14.0. The Morgan fingerprint density at radius 2 is 1.79 bits per heavy atom. The first kappa shape index (κ1) is 18.9. The van der Waals surface area contributed by atoms with Crippen LogP contribution in [0.2, 0.25) is 0 Å². The molecule has 3 aromatic carbocycles. The standard InChI is InChI=1S/C23H19FN2O3/c1-28-19-8-4-17-11-20(9-5-16(17)10-19)29-14-23(12-25)13-26-22(23)21(27)15-2-6-18(24)7-3-15/h2-11,22,26H,13-14H2,1H3. The molecular formula is C23H19FN2O3. The Balaban J connectivity index is 1.50. The van der Waals surface area contributed by atoms with E-state index in [1.54, 1.807) is 7.11 Å². The van der Waals surface area contributed by atoms with Crippen molar-refractivity contribution in [2.75, 3.05) is 20.3 Å². The van der Waals surface area contributed by atoms with Gasteiger partial charge in [-0.3, -0.25) is 4.79 Å². The average Bonchev–Trinajstić information content (AvgIpc) is 2.73. The van der Waals surface area contributed by atoms with Gasteiger partial charge in [0.05, 0.1) is 19.2 Å². The lowest BCUT2D eigenvalue weighted by Gasteiger charge is -2.43. The highest BCUT2D eigenvalue weighted by molar-refractivity contribution is 6.01. The van der Waals surface area contributed by atoms with Crippen LogP contribution in [0.3, 0.4) is 0 Å². The van der Waals surface area contributed by atoms with Crippen molar-refractivity contribution in [3.05, 3.63) is 72.0 Å². The lowest BCUT2D eigenvalue weighted by molar-refractivity contribution is 0.0550. The van der Waals surface area contributed by atoms with Crippen LogP contribution in [0.15, 0.2) is 60.7 Å². The predicted molar refractivity (Wildman–Crippen MR) is 107 cm³/mol. The van der Waals surface area contributed by atoms with E-state index in [-0.39, 0.29) is 12.4 Å². The van der Waals surface area contributed by atoms with Crippen molar-refractivity contribution in [1.82, 2.24) is 5.32 Å². The summed E-state index contributed by atoms with van der Waals surface area (Å²) in [5.41, 5.74) is -0.608. The number of nitrogens with one attached hydrogen (secondary N) is 1. The van der Waals surface area contributed by atoms with Gasteiger partial charge in [0, 0.05) is 12.1 Å². The number of nitriles is 1. The van der Waals surface area contributed by atoms with Crippen molar-refractivity contribution >= 4 is 16.6 Å². The summed E-state index contributed by atoms with van der Waals surface area (Å²) < 4.78 is 24.3. The number of ether oxygens (including phenoxy) is 2. The maximum atomic E-state index is 13.1. The molecular weight excluding hydrogens is 371 g/mol. The zero-order valence-electron chi connectivity index (χ0n) is 15.8. The normalized spacial score (nSPS) is 20.5. The predicted octanol–water partition coefficient (Wildman–Crippen LogP) is 3.73. The number of methoxy groups -OCH3 is 1. The van der Waals surface area contributed by atoms with E-state index in [9.17, 15) is 14.4 Å². The number of carbonyl (C=O) groups is 1. The smallest absolute Gasteiger partial charge is 0.181 e. The van der Waals surface area contributed by atoms with E-state index >= 15 is 0 Å². The van der Waals surface area contributed by atoms with E-state index < -0.39 is 17.3 Å². The zero-order chi connectivity index (χ0) is 20.4. The lowest BCUT2D eigenvalue weighted by atomic mass is 9.72. The van der Waals surface area contributed by atoms with Crippen molar-refractivity contribution in [3.8, 4) is 17.6 Å². The van der Waals surface area contributed by atoms with Crippen LogP contribution in [0.1, 0.15) is 10.4 Å². The molecule has 1 aliphatic rings. The molecule has 0 saturated carbocycles. The zero-order valence-corrected chi connectivity index (χ0v) is 15.8. The van der Waals surface area contributed by atoms with E-state index in [0.717, 1.165) is 16.5 Å². The topological polar surface area (TPSA) is 71.3 Å². The first-order valence-corrected chi connectivity index (χ1v) is 9.20. The molecule has 146 valence electrons.